The quantitative estimate of drug-likeness (QED) is 0.255. The molecule has 4 rings (SSSR count). The normalized spacial score (nSPS) is 11.6. The highest BCUT2D eigenvalue weighted by Crippen LogP contribution is 2.26. The number of nitrogens with zero attached hydrogens (tertiary/aromatic N) is 3. The zero-order valence-electron chi connectivity index (χ0n) is 16.2. The van der Waals surface area contributed by atoms with Gasteiger partial charge in [-0.2, -0.15) is 10.1 Å². The molecular weight excluding hydrogens is 382 g/mol. The Morgan fingerprint density at radius 1 is 1.07 bits per heavy atom. The molecule has 4 aromatic rings. The van der Waals surface area contributed by atoms with Gasteiger partial charge in [-0.25, -0.2) is 10.5 Å². The number of benzene rings is 3. The van der Waals surface area contributed by atoms with Crippen molar-refractivity contribution in [1.29, 1.82) is 0 Å². The summed E-state index contributed by atoms with van der Waals surface area (Å²) in [6.45, 7) is 1.96. The van der Waals surface area contributed by atoms with E-state index in [1.54, 1.807) is 7.11 Å². The largest absolute Gasteiger partial charge is 0.496 e. The zero-order valence-corrected chi connectivity index (χ0v) is 17.0. The van der Waals surface area contributed by atoms with Gasteiger partial charge >= 0.3 is 0 Å². The van der Waals surface area contributed by atoms with Crippen LogP contribution in [0.4, 0.5) is 5.95 Å². The van der Waals surface area contributed by atoms with E-state index in [1.807, 2.05) is 43.3 Å². The Balaban J connectivity index is 1.40. The van der Waals surface area contributed by atoms with Crippen molar-refractivity contribution < 1.29 is 4.74 Å². The molecule has 0 radical (unpaired) electrons. The molecule has 0 spiro atoms. The lowest BCUT2D eigenvalue weighted by Gasteiger charge is -2.05. The van der Waals surface area contributed by atoms with Crippen molar-refractivity contribution in [2.75, 3.05) is 12.5 Å². The Morgan fingerprint density at radius 2 is 1.86 bits per heavy atom. The van der Waals surface area contributed by atoms with E-state index in [0.29, 0.717) is 11.1 Å². The van der Waals surface area contributed by atoms with Gasteiger partial charge in [-0.15, -0.1) is 5.10 Å². The minimum Gasteiger partial charge on any atom is -0.496 e. The molecule has 0 amide bonds. The summed E-state index contributed by atoms with van der Waals surface area (Å²) in [5.41, 5.74) is 5.98. The number of aromatic amines is 1. The Bertz CT molecular complexity index is 1150. The SMILES string of the molecule is COc1ccccc1CSc1n[nH]c(N/N=C(\C)c2ccc3ccccc3c2)n1. The summed E-state index contributed by atoms with van der Waals surface area (Å²) >= 11 is 1.53. The van der Waals surface area contributed by atoms with E-state index in [-0.39, 0.29) is 0 Å². The number of hydrazone groups is 1. The van der Waals surface area contributed by atoms with E-state index in [2.05, 4.69) is 56.0 Å². The summed E-state index contributed by atoms with van der Waals surface area (Å²) < 4.78 is 5.38. The molecule has 6 nitrogen and oxygen atoms in total. The molecule has 29 heavy (non-hydrogen) atoms. The van der Waals surface area contributed by atoms with Crippen molar-refractivity contribution in [3.05, 3.63) is 77.9 Å². The van der Waals surface area contributed by atoms with Gasteiger partial charge in [0.1, 0.15) is 5.75 Å². The summed E-state index contributed by atoms with van der Waals surface area (Å²) in [5, 5.41) is 14.6. The molecular formula is C22H21N5OS. The minimum atomic E-state index is 0.507. The monoisotopic (exact) mass is 403 g/mol. The molecule has 1 heterocycles. The molecule has 7 heteroatoms. The lowest BCUT2D eigenvalue weighted by molar-refractivity contribution is 0.411. The van der Waals surface area contributed by atoms with E-state index in [1.165, 1.54) is 22.5 Å². The van der Waals surface area contributed by atoms with Crippen molar-refractivity contribution in [3.8, 4) is 5.75 Å². The summed E-state index contributed by atoms with van der Waals surface area (Å²) in [4.78, 5) is 4.43. The topological polar surface area (TPSA) is 75.2 Å². The second-order valence-corrected chi connectivity index (χ2v) is 7.38. The van der Waals surface area contributed by atoms with Crippen molar-refractivity contribution in [3.63, 3.8) is 0 Å². The maximum atomic E-state index is 5.38. The molecule has 0 fully saturated rings. The number of hydrogen-bond donors (Lipinski definition) is 2. The average molecular weight is 404 g/mol. The number of rotatable bonds is 7. The Hall–Kier alpha value is -3.32. The second kappa shape index (κ2) is 8.79. The highest BCUT2D eigenvalue weighted by molar-refractivity contribution is 7.98. The van der Waals surface area contributed by atoms with Crippen LogP contribution in [0, 0.1) is 0 Å². The van der Waals surface area contributed by atoms with Gasteiger partial charge in [0.15, 0.2) is 0 Å². The summed E-state index contributed by atoms with van der Waals surface area (Å²) in [6, 6.07) is 22.5. The lowest BCUT2D eigenvalue weighted by atomic mass is 10.0. The maximum Gasteiger partial charge on any atom is 0.240 e. The van der Waals surface area contributed by atoms with Crippen LogP contribution in [0.5, 0.6) is 5.75 Å². The van der Waals surface area contributed by atoms with E-state index >= 15 is 0 Å². The number of aromatic nitrogens is 3. The van der Waals surface area contributed by atoms with Gasteiger partial charge in [0, 0.05) is 11.3 Å². The van der Waals surface area contributed by atoms with E-state index in [4.69, 9.17) is 4.74 Å². The number of ether oxygens (including phenoxy) is 1. The molecule has 0 saturated heterocycles. The summed E-state index contributed by atoms with van der Waals surface area (Å²) in [5.74, 6) is 2.10. The standard InChI is InChI=1S/C22H21N5OS/c1-15(17-12-11-16-7-3-4-8-18(16)13-17)24-25-21-23-22(27-26-21)29-14-19-9-5-6-10-20(19)28-2/h3-13H,14H2,1-2H3,(H2,23,25,26,27)/b24-15+. The Labute approximate surface area is 173 Å². The first-order valence-corrected chi connectivity index (χ1v) is 10.2. The van der Waals surface area contributed by atoms with Crippen LogP contribution in [-0.2, 0) is 5.75 Å². The Morgan fingerprint density at radius 3 is 2.72 bits per heavy atom. The smallest absolute Gasteiger partial charge is 0.240 e. The number of fused-ring (bicyclic) bond motifs is 1. The van der Waals surface area contributed by atoms with Crippen LogP contribution in [0.15, 0.2) is 77.0 Å². The highest BCUT2D eigenvalue weighted by Gasteiger charge is 2.07. The van der Waals surface area contributed by atoms with Gasteiger partial charge in [-0.05, 0) is 35.4 Å². The number of anilines is 1. The van der Waals surface area contributed by atoms with Gasteiger partial charge in [-0.1, -0.05) is 66.4 Å². The van der Waals surface area contributed by atoms with Crippen molar-refractivity contribution in [1.82, 2.24) is 15.2 Å². The van der Waals surface area contributed by atoms with Crippen LogP contribution < -0.4 is 10.2 Å². The summed E-state index contributed by atoms with van der Waals surface area (Å²) in [6.07, 6.45) is 0. The van der Waals surface area contributed by atoms with Crippen LogP contribution in [0.1, 0.15) is 18.1 Å². The molecule has 1 aromatic heterocycles. The molecule has 0 unspecified atom stereocenters. The number of methoxy groups -OCH3 is 1. The lowest BCUT2D eigenvalue weighted by Crippen LogP contribution is -2.00. The Kier molecular flexibility index (Phi) is 5.76. The molecule has 3 aromatic carbocycles. The van der Waals surface area contributed by atoms with Crippen molar-refractivity contribution >= 4 is 34.2 Å². The van der Waals surface area contributed by atoms with Gasteiger partial charge in [0.25, 0.3) is 0 Å². The first kappa shape index (κ1) is 19.0. The minimum absolute atomic E-state index is 0.507. The molecule has 0 aliphatic carbocycles. The summed E-state index contributed by atoms with van der Waals surface area (Å²) in [7, 11) is 1.67. The number of nitrogens with one attached hydrogen (secondary N) is 2. The molecule has 0 bridgehead atoms. The van der Waals surface area contributed by atoms with Gasteiger partial charge in [0.2, 0.25) is 11.1 Å². The fourth-order valence-corrected chi connectivity index (χ4v) is 3.73. The molecule has 0 saturated carbocycles. The molecule has 2 N–H and O–H groups in total. The highest BCUT2D eigenvalue weighted by atomic mass is 32.2. The van der Waals surface area contributed by atoms with Gasteiger partial charge < -0.3 is 4.74 Å². The zero-order chi connectivity index (χ0) is 20.1. The number of H-pyrrole nitrogens is 1. The fourth-order valence-electron chi connectivity index (χ4n) is 2.94. The third kappa shape index (κ3) is 4.57. The average Bonchev–Trinajstić information content (AvgIpc) is 3.23. The van der Waals surface area contributed by atoms with Crippen LogP contribution in [-0.4, -0.2) is 28.0 Å². The second-order valence-electron chi connectivity index (χ2n) is 6.44. The predicted molar refractivity (Wildman–Crippen MR) is 119 cm³/mol. The van der Waals surface area contributed by atoms with Crippen LogP contribution in [0.25, 0.3) is 10.8 Å². The molecule has 0 aliphatic rings. The van der Waals surface area contributed by atoms with E-state index in [9.17, 15) is 0 Å². The molecule has 0 atom stereocenters. The first-order chi connectivity index (χ1) is 14.2. The van der Waals surface area contributed by atoms with E-state index in [0.717, 1.165) is 28.3 Å². The third-order valence-corrected chi connectivity index (χ3v) is 5.41. The predicted octanol–water partition coefficient (Wildman–Crippen LogP) is 5.09. The van der Waals surface area contributed by atoms with Gasteiger partial charge in [-0.3, -0.25) is 0 Å². The van der Waals surface area contributed by atoms with Crippen LogP contribution in [0.2, 0.25) is 0 Å². The van der Waals surface area contributed by atoms with Crippen molar-refractivity contribution in [2.24, 2.45) is 5.10 Å². The fraction of sp³-hybridized carbons (Fsp3) is 0.136. The number of hydrogen-bond acceptors (Lipinski definition) is 6. The number of thioether (sulfide) groups is 1. The molecule has 0 aliphatic heterocycles. The van der Waals surface area contributed by atoms with Gasteiger partial charge in [0.05, 0.1) is 12.8 Å². The first-order valence-electron chi connectivity index (χ1n) is 9.19. The number of para-hydroxylation sites is 1. The van der Waals surface area contributed by atoms with Crippen molar-refractivity contribution in [2.45, 2.75) is 17.8 Å². The van der Waals surface area contributed by atoms with E-state index < -0.39 is 0 Å². The third-order valence-electron chi connectivity index (χ3n) is 4.51. The molecule has 146 valence electrons. The van der Waals surface area contributed by atoms with Crippen LogP contribution >= 0.6 is 11.8 Å². The maximum absolute atomic E-state index is 5.38. The van der Waals surface area contributed by atoms with Crippen LogP contribution in [0.3, 0.4) is 0 Å².